The fourth-order valence-electron chi connectivity index (χ4n) is 2.87. The minimum atomic E-state index is -0.183. The Morgan fingerprint density at radius 2 is 1.64 bits per heavy atom. The highest BCUT2D eigenvalue weighted by atomic mass is 16.2. The Bertz CT molecular complexity index is 941. The molecule has 0 saturated carbocycles. The van der Waals surface area contributed by atoms with Crippen LogP contribution in [0.25, 0.3) is 11.0 Å². The predicted octanol–water partition coefficient (Wildman–Crippen LogP) is 1.92. The Morgan fingerprint density at radius 3 is 2.40 bits per heavy atom. The van der Waals surface area contributed by atoms with Gasteiger partial charge in [0.15, 0.2) is 0 Å². The number of carbonyl (C=O) groups excluding carboxylic acids is 1. The summed E-state index contributed by atoms with van der Waals surface area (Å²) in [5.74, 6) is 0. The number of rotatable bonds is 5. The molecule has 6 nitrogen and oxygen atoms in total. The first-order valence-corrected chi connectivity index (χ1v) is 8.26. The molecule has 2 aromatic carbocycles. The number of nitrogens with zero attached hydrogens (tertiary/aromatic N) is 2. The Kier molecular flexibility index (Phi) is 4.88. The van der Waals surface area contributed by atoms with E-state index in [1.165, 1.54) is 0 Å². The van der Waals surface area contributed by atoms with Crippen molar-refractivity contribution >= 4 is 17.1 Å². The number of amides is 2. The zero-order valence-electron chi connectivity index (χ0n) is 14.5. The van der Waals surface area contributed by atoms with Gasteiger partial charge in [0.25, 0.3) is 0 Å². The maximum absolute atomic E-state index is 12.0. The van der Waals surface area contributed by atoms with Crippen molar-refractivity contribution in [3.8, 4) is 0 Å². The number of carbonyl (C=O) groups is 1. The van der Waals surface area contributed by atoms with Crippen molar-refractivity contribution < 1.29 is 4.79 Å². The zero-order chi connectivity index (χ0) is 17.8. The van der Waals surface area contributed by atoms with Crippen LogP contribution in [0.15, 0.2) is 53.3 Å². The third kappa shape index (κ3) is 3.74. The molecule has 0 aliphatic rings. The highest BCUT2D eigenvalue weighted by molar-refractivity contribution is 5.77. The Labute approximate surface area is 146 Å². The normalized spacial score (nSPS) is 10.8. The number of aromatic nitrogens is 2. The quantitative estimate of drug-likeness (QED) is 0.746. The summed E-state index contributed by atoms with van der Waals surface area (Å²) >= 11 is 0. The van der Waals surface area contributed by atoms with E-state index >= 15 is 0 Å². The van der Waals surface area contributed by atoms with Crippen LogP contribution >= 0.6 is 0 Å². The van der Waals surface area contributed by atoms with Crippen molar-refractivity contribution in [3.05, 3.63) is 70.1 Å². The van der Waals surface area contributed by atoms with Crippen molar-refractivity contribution in [1.29, 1.82) is 0 Å². The Hall–Kier alpha value is -3.02. The molecule has 1 aromatic heterocycles. The molecule has 3 aromatic rings. The van der Waals surface area contributed by atoms with E-state index in [1.54, 1.807) is 23.2 Å². The number of aryl methyl sites for hydroxylation is 2. The minimum Gasteiger partial charge on any atom is -0.338 e. The van der Waals surface area contributed by atoms with Gasteiger partial charge in [-0.3, -0.25) is 9.13 Å². The summed E-state index contributed by atoms with van der Waals surface area (Å²) in [6.45, 7) is 1.04. The molecule has 0 saturated heterocycles. The monoisotopic (exact) mass is 338 g/mol. The highest BCUT2D eigenvalue weighted by Crippen LogP contribution is 2.14. The molecule has 0 atom stereocenters. The van der Waals surface area contributed by atoms with Crippen LogP contribution in [-0.4, -0.2) is 21.7 Å². The summed E-state index contributed by atoms with van der Waals surface area (Å²) in [5.41, 5.74) is 3.92. The van der Waals surface area contributed by atoms with Crippen LogP contribution in [0.5, 0.6) is 0 Å². The van der Waals surface area contributed by atoms with Gasteiger partial charge < -0.3 is 10.6 Å². The lowest BCUT2D eigenvalue weighted by molar-refractivity contribution is 0.240. The van der Waals surface area contributed by atoms with Crippen LogP contribution < -0.4 is 16.3 Å². The number of hydrogen-bond acceptors (Lipinski definition) is 2. The van der Waals surface area contributed by atoms with Gasteiger partial charge in [0.1, 0.15) is 0 Å². The van der Waals surface area contributed by atoms with Crippen LogP contribution in [0, 0.1) is 0 Å². The van der Waals surface area contributed by atoms with Crippen LogP contribution in [0.3, 0.4) is 0 Å². The number of urea groups is 1. The summed E-state index contributed by atoms with van der Waals surface area (Å²) in [7, 11) is 3.53. The summed E-state index contributed by atoms with van der Waals surface area (Å²) in [6, 6.07) is 15.5. The second kappa shape index (κ2) is 7.25. The van der Waals surface area contributed by atoms with Crippen molar-refractivity contribution in [2.24, 2.45) is 14.1 Å². The molecule has 3 rings (SSSR count). The molecule has 0 unspecified atom stereocenters. The molecule has 0 radical (unpaired) electrons. The van der Waals surface area contributed by atoms with Crippen molar-refractivity contribution in [3.63, 3.8) is 0 Å². The molecule has 2 amide bonds. The van der Waals surface area contributed by atoms with Crippen LogP contribution in [0.4, 0.5) is 4.79 Å². The van der Waals surface area contributed by atoms with Gasteiger partial charge in [0.05, 0.1) is 11.0 Å². The average molecular weight is 338 g/mol. The number of imidazole rings is 1. The van der Waals surface area contributed by atoms with E-state index in [2.05, 4.69) is 10.6 Å². The van der Waals surface area contributed by atoms with E-state index in [-0.39, 0.29) is 11.7 Å². The van der Waals surface area contributed by atoms with Gasteiger partial charge in [0, 0.05) is 27.2 Å². The standard InChI is InChI=1S/C19H22N4O2/c1-22-16-9-8-14(12-17(16)23(2)19(22)25)10-11-20-18(24)21-13-15-6-4-3-5-7-15/h3-9,12H,10-11,13H2,1-2H3,(H2,20,21,24). The second-order valence-electron chi connectivity index (χ2n) is 6.07. The molecule has 25 heavy (non-hydrogen) atoms. The molecular formula is C19H22N4O2. The van der Waals surface area contributed by atoms with Gasteiger partial charge in [-0.1, -0.05) is 36.4 Å². The van der Waals surface area contributed by atoms with E-state index in [0.717, 1.165) is 22.2 Å². The van der Waals surface area contributed by atoms with Gasteiger partial charge in [0.2, 0.25) is 0 Å². The van der Waals surface area contributed by atoms with Gasteiger partial charge >= 0.3 is 11.7 Å². The second-order valence-corrected chi connectivity index (χ2v) is 6.07. The van der Waals surface area contributed by atoms with Crippen LogP contribution in [0.2, 0.25) is 0 Å². The predicted molar refractivity (Wildman–Crippen MR) is 98.5 cm³/mol. The maximum Gasteiger partial charge on any atom is 0.328 e. The van der Waals surface area contributed by atoms with E-state index in [9.17, 15) is 9.59 Å². The van der Waals surface area contributed by atoms with E-state index in [4.69, 9.17) is 0 Å². The van der Waals surface area contributed by atoms with E-state index < -0.39 is 0 Å². The average Bonchev–Trinajstić information content (AvgIpc) is 2.85. The smallest absolute Gasteiger partial charge is 0.328 e. The third-order valence-electron chi connectivity index (χ3n) is 4.33. The van der Waals surface area contributed by atoms with Crippen molar-refractivity contribution in [2.75, 3.05) is 6.54 Å². The lowest BCUT2D eigenvalue weighted by Crippen LogP contribution is -2.36. The first-order chi connectivity index (χ1) is 12.1. The number of benzene rings is 2. The maximum atomic E-state index is 12.0. The van der Waals surface area contributed by atoms with Gasteiger partial charge in [-0.15, -0.1) is 0 Å². The van der Waals surface area contributed by atoms with Gasteiger partial charge in [-0.25, -0.2) is 9.59 Å². The fraction of sp³-hybridized carbons (Fsp3) is 0.263. The molecule has 0 aliphatic heterocycles. The third-order valence-corrected chi connectivity index (χ3v) is 4.33. The first kappa shape index (κ1) is 16.8. The fourth-order valence-corrected chi connectivity index (χ4v) is 2.87. The highest BCUT2D eigenvalue weighted by Gasteiger charge is 2.08. The molecule has 0 spiro atoms. The summed E-state index contributed by atoms with van der Waals surface area (Å²) < 4.78 is 3.27. The van der Waals surface area contributed by atoms with Crippen molar-refractivity contribution in [1.82, 2.24) is 19.8 Å². The Balaban J connectivity index is 1.53. The molecule has 0 bridgehead atoms. The summed E-state index contributed by atoms with van der Waals surface area (Å²) in [4.78, 5) is 23.8. The molecule has 2 N–H and O–H groups in total. The molecule has 6 heteroatoms. The van der Waals surface area contributed by atoms with Crippen LogP contribution in [0.1, 0.15) is 11.1 Å². The van der Waals surface area contributed by atoms with E-state index in [0.29, 0.717) is 19.5 Å². The van der Waals surface area contributed by atoms with Gasteiger partial charge in [-0.05, 0) is 29.7 Å². The summed E-state index contributed by atoms with van der Waals surface area (Å²) in [6.07, 6.45) is 0.706. The van der Waals surface area contributed by atoms with Gasteiger partial charge in [-0.2, -0.15) is 0 Å². The molecule has 0 fully saturated rings. The number of hydrogen-bond donors (Lipinski definition) is 2. The Morgan fingerprint density at radius 1 is 0.920 bits per heavy atom. The molecule has 0 aliphatic carbocycles. The molecular weight excluding hydrogens is 316 g/mol. The van der Waals surface area contributed by atoms with Crippen molar-refractivity contribution in [2.45, 2.75) is 13.0 Å². The zero-order valence-corrected chi connectivity index (χ0v) is 14.5. The van der Waals surface area contributed by atoms with E-state index in [1.807, 2.05) is 48.5 Å². The molecule has 1 heterocycles. The minimum absolute atomic E-state index is 0.0365. The largest absolute Gasteiger partial charge is 0.338 e. The lowest BCUT2D eigenvalue weighted by atomic mass is 10.1. The summed E-state index contributed by atoms with van der Waals surface area (Å²) in [5, 5.41) is 5.69. The first-order valence-electron chi connectivity index (χ1n) is 8.26. The lowest BCUT2D eigenvalue weighted by Gasteiger charge is -2.08. The molecule has 130 valence electrons. The SMILES string of the molecule is Cn1c(=O)n(C)c2cc(CCNC(=O)NCc3ccccc3)ccc21. The number of nitrogens with one attached hydrogen (secondary N) is 2. The van der Waals surface area contributed by atoms with Crippen LogP contribution in [-0.2, 0) is 27.1 Å². The number of fused-ring (bicyclic) bond motifs is 1. The topological polar surface area (TPSA) is 68.1 Å².